The Kier molecular flexibility index (Phi) is 4.20. The normalized spacial score (nSPS) is 12.3. The highest BCUT2D eigenvalue weighted by Gasteiger charge is 2.15. The summed E-state index contributed by atoms with van der Waals surface area (Å²) in [7, 11) is 1.34. The molecule has 0 aliphatic rings. The molecule has 0 radical (unpaired) electrons. The molecular formula is C14H16N6O2S. The van der Waals surface area contributed by atoms with Gasteiger partial charge in [0.2, 0.25) is 0 Å². The van der Waals surface area contributed by atoms with Crippen LogP contribution in [0.5, 0.6) is 0 Å². The van der Waals surface area contributed by atoms with Crippen molar-refractivity contribution in [3.8, 4) is 0 Å². The fraction of sp³-hybridized carbons (Fsp3) is 0.357. The van der Waals surface area contributed by atoms with Crippen LogP contribution in [-0.2, 0) is 16.1 Å². The summed E-state index contributed by atoms with van der Waals surface area (Å²) in [4.78, 5) is 25.4. The predicted molar refractivity (Wildman–Crippen MR) is 86.2 cm³/mol. The zero-order valence-electron chi connectivity index (χ0n) is 13.0. The van der Waals surface area contributed by atoms with E-state index in [0.29, 0.717) is 11.5 Å². The van der Waals surface area contributed by atoms with Gasteiger partial charge in [-0.15, -0.1) is 11.3 Å². The van der Waals surface area contributed by atoms with Crippen LogP contribution in [0.4, 0.5) is 5.82 Å². The third-order valence-electron chi connectivity index (χ3n) is 3.30. The number of fused-ring (bicyclic) bond motifs is 1. The molecule has 0 aliphatic carbocycles. The van der Waals surface area contributed by atoms with Crippen molar-refractivity contribution in [3.63, 3.8) is 0 Å². The number of hydrogen-bond donors (Lipinski definition) is 1. The fourth-order valence-corrected chi connectivity index (χ4v) is 2.93. The van der Waals surface area contributed by atoms with Crippen molar-refractivity contribution in [2.24, 2.45) is 0 Å². The molecule has 3 rings (SSSR count). The molecule has 0 aliphatic heterocycles. The van der Waals surface area contributed by atoms with E-state index in [-0.39, 0.29) is 18.6 Å². The molecule has 120 valence electrons. The highest BCUT2D eigenvalue weighted by Crippen LogP contribution is 2.26. The topological polar surface area (TPSA) is 94.8 Å². The van der Waals surface area contributed by atoms with Crippen molar-refractivity contribution >= 4 is 34.2 Å². The van der Waals surface area contributed by atoms with Gasteiger partial charge in [-0.2, -0.15) is 5.10 Å². The Morgan fingerprint density at radius 2 is 2.22 bits per heavy atom. The molecule has 9 heteroatoms. The summed E-state index contributed by atoms with van der Waals surface area (Å²) in [5.41, 5.74) is 0.579. The van der Waals surface area contributed by atoms with Crippen molar-refractivity contribution in [2.45, 2.75) is 26.4 Å². The van der Waals surface area contributed by atoms with E-state index in [9.17, 15) is 4.79 Å². The lowest BCUT2D eigenvalue weighted by Gasteiger charge is -2.12. The lowest BCUT2D eigenvalue weighted by Crippen LogP contribution is -2.13. The predicted octanol–water partition coefficient (Wildman–Crippen LogP) is 1.94. The Labute approximate surface area is 136 Å². The molecule has 0 spiro atoms. The molecule has 23 heavy (non-hydrogen) atoms. The van der Waals surface area contributed by atoms with Crippen LogP contribution in [-0.4, -0.2) is 37.8 Å². The number of esters is 1. The summed E-state index contributed by atoms with van der Waals surface area (Å²) < 4.78 is 6.15. The molecule has 0 aromatic carbocycles. The minimum Gasteiger partial charge on any atom is -0.468 e. The zero-order chi connectivity index (χ0) is 16.4. The van der Waals surface area contributed by atoms with E-state index in [1.54, 1.807) is 17.5 Å². The quantitative estimate of drug-likeness (QED) is 0.713. The van der Waals surface area contributed by atoms with Gasteiger partial charge in [0.05, 0.1) is 24.7 Å². The van der Waals surface area contributed by atoms with Gasteiger partial charge in [0, 0.05) is 11.1 Å². The number of ether oxygens (including phenoxy) is 1. The van der Waals surface area contributed by atoms with Gasteiger partial charge in [0.1, 0.15) is 23.7 Å². The first-order valence-electron chi connectivity index (χ1n) is 7.00. The number of aryl methyl sites for hydroxylation is 1. The number of aromatic nitrogens is 5. The number of methoxy groups -OCH3 is 1. The van der Waals surface area contributed by atoms with Gasteiger partial charge in [-0.1, -0.05) is 0 Å². The smallest absolute Gasteiger partial charge is 0.327 e. The number of thiazole rings is 1. The lowest BCUT2D eigenvalue weighted by molar-refractivity contribution is -0.141. The Morgan fingerprint density at radius 1 is 1.39 bits per heavy atom. The van der Waals surface area contributed by atoms with E-state index in [2.05, 4.69) is 30.1 Å². The second-order valence-corrected chi connectivity index (χ2v) is 6.28. The third kappa shape index (κ3) is 3.14. The largest absolute Gasteiger partial charge is 0.468 e. The van der Waals surface area contributed by atoms with Gasteiger partial charge in [-0.05, 0) is 13.8 Å². The SMILES string of the molecule is COC(=O)Cn1ncc2c(NC(C)c3ncc(C)s3)ncnc21. The van der Waals surface area contributed by atoms with Crippen molar-refractivity contribution in [1.82, 2.24) is 24.7 Å². The zero-order valence-corrected chi connectivity index (χ0v) is 13.8. The van der Waals surface area contributed by atoms with Crippen LogP contribution in [0.3, 0.4) is 0 Å². The maximum Gasteiger partial charge on any atom is 0.327 e. The summed E-state index contributed by atoms with van der Waals surface area (Å²) in [5, 5.41) is 9.24. The van der Waals surface area contributed by atoms with E-state index in [1.807, 2.05) is 20.0 Å². The molecule has 0 saturated heterocycles. The number of nitrogens with one attached hydrogen (secondary N) is 1. The van der Waals surface area contributed by atoms with Crippen molar-refractivity contribution in [2.75, 3.05) is 12.4 Å². The highest BCUT2D eigenvalue weighted by atomic mass is 32.1. The minimum atomic E-state index is -0.380. The molecule has 1 N–H and O–H groups in total. The maximum absolute atomic E-state index is 11.4. The average Bonchev–Trinajstić information content (AvgIpc) is 3.15. The van der Waals surface area contributed by atoms with Crippen LogP contribution >= 0.6 is 11.3 Å². The maximum atomic E-state index is 11.4. The van der Waals surface area contributed by atoms with E-state index in [1.165, 1.54) is 18.1 Å². The fourth-order valence-electron chi connectivity index (χ4n) is 2.15. The lowest BCUT2D eigenvalue weighted by atomic mass is 10.3. The van der Waals surface area contributed by atoms with Gasteiger partial charge < -0.3 is 10.1 Å². The number of rotatable bonds is 5. The van der Waals surface area contributed by atoms with Gasteiger partial charge in [-0.25, -0.2) is 19.6 Å². The summed E-state index contributed by atoms with van der Waals surface area (Å²) in [6.07, 6.45) is 4.93. The Morgan fingerprint density at radius 3 is 2.91 bits per heavy atom. The molecule has 0 amide bonds. The first-order valence-corrected chi connectivity index (χ1v) is 7.82. The van der Waals surface area contributed by atoms with Crippen LogP contribution in [0.2, 0.25) is 0 Å². The average molecular weight is 332 g/mol. The van der Waals surface area contributed by atoms with Crippen LogP contribution in [0, 0.1) is 6.92 Å². The molecule has 0 bridgehead atoms. The third-order valence-corrected chi connectivity index (χ3v) is 4.40. The number of anilines is 1. The molecule has 3 aromatic heterocycles. The Hall–Kier alpha value is -2.55. The van der Waals surface area contributed by atoms with Gasteiger partial charge in [-0.3, -0.25) is 4.79 Å². The molecule has 3 heterocycles. The van der Waals surface area contributed by atoms with Crippen molar-refractivity contribution in [3.05, 3.63) is 28.6 Å². The van der Waals surface area contributed by atoms with Crippen molar-refractivity contribution in [1.29, 1.82) is 0 Å². The molecule has 0 saturated carbocycles. The number of hydrogen-bond acceptors (Lipinski definition) is 8. The van der Waals surface area contributed by atoms with E-state index < -0.39 is 0 Å². The monoisotopic (exact) mass is 332 g/mol. The standard InChI is InChI=1S/C14H16N6O2S/c1-8-4-15-14(23-8)9(2)19-12-10-5-18-20(6-11(21)22-3)13(10)17-7-16-12/h4-5,7,9H,6H2,1-3H3,(H,16,17,19). The molecule has 1 unspecified atom stereocenters. The van der Waals surface area contributed by atoms with Crippen LogP contribution in [0.1, 0.15) is 22.9 Å². The summed E-state index contributed by atoms with van der Waals surface area (Å²) >= 11 is 1.64. The minimum absolute atomic E-state index is 0.00996. The molecule has 8 nitrogen and oxygen atoms in total. The number of carbonyl (C=O) groups is 1. The van der Waals surface area contributed by atoms with Crippen LogP contribution < -0.4 is 5.32 Å². The molecule has 0 fully saturated rings. The van der Waals surface area contributed by atoms with Gasteiger partial charge >= 0.3 is 5.97 Å². The van der Waals surface area contributed by atoms with Gasteiger partial charge in [0.15, 0.2) is 5.65 Å². The summed E-state index contributed by atoms with van der Waals surface area (Å²) in [5.74, 6) is 0.279. The Bertz CT molecular complexity index is 843. The Balaban J connectivity index is 1.88. The van der Waals surface area contributed by atoms with E-state index >= 15 is 0 Å². The molecule has 1 atom stereocenters. The highest BCUT2D eigenvalue weighted by molar-refractivity contribution is 7.11. The summed E-state index contributed by atoms with van der Waals surface area (Å²) in [6.45, 7) is 4.05. The first-order chi connectivity index (χ1) is 11.1. The molecular weight excluding hydrogens is 316 g/mol. The van der Waals surface area contributed by atoms with Crippen LogP contribution in [0.15, 0.2) is 18.7 Å². The second kappa shape index (κ2) is 6.29. The van der Waals surface area contributed by atoms with Gasteiger partial charge in [0.25, 0.3) is 0 Å². The number of nitrogens with zero attached hydrogens (tertiary/aromatic N) is 5. The first kappa shape index (κ1) is 15.3. The number of carbonyl (C=O) groups excluding carboxylic acids is 1. The summed E-state index contributed by atoms with van der Waals surface area (Å²) in [6, 6.07) is 0.00996. The van der Waals surface area contributed by atoms with Crippen LogP contribution in [0.25, 0.3) is 11.0 Å². The second-order valence-electron chi connectivity index (χ2n) is 5.01. The van der Waals surface area contributed by atoms with E-state index in [0.717, 1.165) is 15.3 Å². The van der Waals surface area contributed by atoms with E-state index in [4.69, 9.17) is 0 Å². The molecule has 3 aromatic rings. The van der Waals surface area contributed by atoms with Crippen molar-refractivity contribution < 1.29 is 9.53 Å².